The minimum atomic E-state index is -0.0415. The lowest BCUT2D eigenvalue weighted by molar-refractivity contribution is -0.109. The summed E-state index contributed by atoms with van der Waals surface area (Å²) in [7, 11) is 0. The molecular formula is C11H14O2. The fraction of sp³-hybridized carbons (Fsp3) is 0.364. The van der Waals surface area contributed by atoms with Gasteiger partial charge in [0.25, 0.3) is 0 Å². The Hall–Kier alpha value is -1.31. The summed E-state index contributed by atoms with van der Waals surface area (Å²) in [5.41, 5.74) is 1.20. The van der Waals surface area contributed by atoms with Gasteiger partial charge < -0.3 is 9.53 Å². The highest BCUT2D eigenvalue weighted by Crippen LogP contribution is 2.13. The summed E-state index contributed by atoms with van der Waals surface area (Å²) < 4.78 is 5.48. The van der Waals surface area contributed by atoms with Crippen LogP contribution in [0.5, 0.6) is 5.75 Å². The number of benzene rings is 1. The fourth-order valence-electron chi connectivity index (χ4n) is 1.03. The van der Waals surface area contributed by atoms with Crippen LogP contribution < -0.4 is 4.74 Å². The first-order valence-corrected chi connectivity index (χ1v) is 4.39. The molecule has 1 unspecified atom stereocenters. The smallest absolute Gasteiger partial charge is 0.123 e. The Labute approximate surface area is 78.5 Å². The second-order valence-corrected chi connectivity index (χ2v) is 3.14. The van der Waals surface area contributed by atoms with Gasteiger partial charge in [-0.3, -0.25) is 0 Å². The highest BCUT2D eigenvalue weighted by Gasteiger charge is 2.01. The third kappa shape index (κ3) is 3.28. The van der Waals surface area contributed by atoms with Gasteiger partial charge in [0.1, 0.15) is 18.1 Å². The van der Waals surface area contributed by atoms with Crippen LogP contribution in [0.15, 0.2) is 24.3 Å². The summed E-state index contributed by atoms with van der Waals surface area (Å²) >= 11 is 0. The van der Waals surface area contributed by atoms with E-state index in [1.165, 1.54) is 5.56 Å². The van der Waals surface area contributed by atoms with Crippen LogP contribution in [0.3, 0.4) is 0 Å². The van der Waals surface area contributed by atoms with E-state index in [2.05, 4.69) is 0 Å². The van der Waals surface area contributed by atoms with Gasteiger partial charge in [0.2, 0.25) is 0 Å². The Morgan fingerprint density at radius 1 is 1.38 bits per heavy atom. The van der Waals surface area contributed by atoms with E-state index in [4.69, 9.17) is 4.74 Å². The van der Waals surface area contributed by atoms with E-state index in [1.54, 1.807) is 0 Å². The quantitative estimate of drug-likeness (QED) is 0.661. The predicted octanol–water partition coefficient (Wildman–Crippen LogP) is 2.35. The molecular weight excluding hydrogens is 164 g/mol. The number of hydrogen-bond acceptors (Lipinski definition) is 2. The number of aldehydes is 1. The zero-order valence-electron chi connectivity index (χ0n) is 7.99. The second kappa shape index (κ2) is 4.65. The fourth-order valence-corrected chi connectivity index (χ4v) is 1.03. The molecule has 2 heteroatoms. The van der Waals surface area contributed by atoms with Gasteiger partial charge in [0.05, 0.1) is 0 Å². The molecule has 0 saturated carbocycles. The average Bonchev–Trinajstić information content (AvgIpc) is 2.09. The molecule has 0 aliphatic carbocycles. The summed E-state index contributed by atoms with van der Waals surface area (Å²) in [4.78, 5) is 10.2. The van der Waals surface area contributed by atoms with Gasteiger partial charge in [0.15, 0.2) is 0 Å². The molecule has 0 saturated heterocycles. The maximum Gasteiger partial charge on any atom is 0.123 e. The van der Waals surface area contributed by atoms with Gasteiger partial charge in [-0.2, -0.15) is 0 Å². The van der Waals surface area contributed by atoms with Crippen LogP contribution in [0.1, 0.15) is 18.9 Å². The molecule has 1 aromatic carbocycles. The molecule has 1 rings (SSSR count). The van der Waals surface area contributed by atoms with Crippen molar-refractivity contribution in [2.24, 2.45) is 0 Å². The lowest BCUT2D eigenvalue weighted by Crippen LogP contribution is -2.11. The number of carbonyl (C=O) groups is 1. The minimum absolute atomic E-state index is 0.0415. The van der Waals surface area contributed by atoms with Crippen molar-refractivity contribution in [3.05, 3.63) is 29.8 Å². The largest absolute Gasteiger partial charge is 0.490 e. The number of rotatable bonds is 4. The highest BCUT2D eigenvalue weighted by molar-refractivity contribution is 5.50. The van der Waals surface area contributed by atoms with Gasteiger partial charge in [-0.25, -0.2) is 0 Å². The van der Waals surface area contributed by atoms with E-state index in [-0.39, 0.29) is 6.10 Å². The van der Waals surface area contributed by atoms with Crippen LogP contribution in [0, 0.1) is 6.92 Å². The van der Waals surface area contributed by atoms with E-state index in [9.17, 15) is 4.79 Å². The van der Waals surface area contributed by atoms with Crippen molar-refractivity contribution < 1.29 is 9.53 Å². The van der Waals surface area contributed by atoms with Gasteiger partial charge in [-0.15, -0.1) is 0 Å². The molecule has 0 N–H and O–H groups in total. The Morgan fingerprint density at radius 3 is 2.54 bits per heavy atom. The van der Waals surface area contributed by atoms with Gasteiger partial charge in [0, 0.05) is 6.42 Å². The molecule has 0 bridgehead atoms. The van der Waals surface area contributed by atoms with Gasteiger partial charge >= 0.3 is 0 Å². The maximum absolute atomic E-state index is 10.2. The predicted molar refractivity (Wildman–Crippen MR) is 52.0 cm³/mol. The lowest BCUT2D eigenvalue weighted by atomic mass is 10.2. The topological polar surface area (TPSA) is 26.3 Å². The monoisotopic (exact) mass is 178 g/mol. The first-order valence-electron chi connectivity index (χ1n) is 4.39. The van der Waals surface area contributed by atoms with Crippen LogP contribution in [0.2, 0.25) is 0 Å². The van der Waals surface area contributed by atoms with E-state index in [1.807, 2.05) is 38.1 Å². The Kier molecular flexibility index (Phi) is 3.50. The third-order valence-electron chi connectivity index (χ3n) is 1.79. The van der Waals surface area contributed by atoms with Crippen LogP contribution in [-0.4, -0.2) is 12.4 Å². The van der Waals surface area contributed by atoms with E-state index in [0.29, 0.717) is 6.42 Å². The van der Waals surface area contributed by atoms with Crippen molar-refractivity contribution in [3.8, 4) is 5.75 Å². The zero-order chi connectivity index (χ0) is 9.68. The van der Waals surface area contributed by atoms with Crippen LogP contribution >= 0.6 is 0 Å². The van der Waals surface area contributed by atoms with E-state index < -0.39 is 0 Å². The molecule has 0 aliphatic rings. The Balaban J connectivity index is 2.53. The van der Waals surface area contributed by atoms with E-state index in [0.717, 1.165) is 12.0 Å². The Morgan fingerprint density at radius 2 is 2.00 bits per heavy atom. The standard InChI is InChI=1S/C11H14O2/c1-9-3-5-11(6-4-9)13-10(2)7-8-12/h3-6,8,10H,7H2,1-2H3. The van der Waals surface area contributed by atoms with Gasteiger partial charge in [-0.1, -0.05) is 17.7 Å². The molecule has 0 radical (unpaired) electrons. The van der Waals surface area contributed by atoms with Crippen molar-refractivity contribution in [2.75, 3.05) is 0 Å². The molecule has 0 fully saturated rings. The third-order valence-corrected chi connectivity index (χ3v) is 1.79. The lowest BCUT2D eigenvalue weighted by Gasteiger charge is -2.11. The molecule has 0 heterocycles. The van der Waals surface area contributed by atoms with Crippen molar-refractivity contribution in [3.63, 3.8) is 0 Å². The number of aryl methyl sites for hydroxylation is 1. The van der Waals surface area contributed by atoms with Crippen molar-refractivity contribution >= 4 is 6.29 Å². The summed E-state index contributed by atoms with van der Waals surface area (Å²) in [6, 6.07) is 7.80. The molecule has 0 aromatic heterocycles. The van der Waals surface area contributed by atoms with Crippen LogP contribution in [-0.2, 0) is 4.79 Å². The van der Waals surface area contributed by atoms with Crippen molar-refractivity contribution in [1.82, 2.24) is 0 Å². The first-order chi connectivity index (χ1) is 6.22. The molecule has 1 aromatic rings. The first kappa shape index (κ1) is 9.78. The van der Waals surface area contributed by atoms with Crippen LogP contribution in [0.4, 0.5) is 0 Å². The zero-order valence-corrected chi connectivity index (χ0v) is 7.99. The highest BCUT2D eigenvalue weighted by atomic mass is 16.5. The van der Waals surface area contributed by atoms with Crippen LogP contribution in [0.25, 0.3) is 0 Å². The summed E-state index contributed by atoms with van der Waals surface area (Å²) in [6.07, 6.45) is 1.27. The summed E-state index contributed by atoms with van der Waals surface area (Å²) in [5.74, 6) is 0.819. The molecule has 13 heavy (non-hydrogen) atoms. The molecule has 0 amide bonds. The molecule has 70 valence electrons. The number of hydrogen-bond donors (Lipinski definition) is 0. The van der Waals surface area contributed by atoms with Crippen molar-refractivity contribution in [1.29, 1.82) is 0 Å². The molecule has 0 spiro atoms. The maximum atomic E-state index is 10.2. The number of carbonyl (C=O) groups excluding carboxylic acids is 1. The van der Waals surface area contributed by atoms with Gasteiger partial charge in [-0.05, 0) is 26.0 Å². The summed E-state index contributed by atoms with van der Waals surface area (Å²) in [5, 5.41) is 0. The molecule has 2 nitrogen and oxygen atoms in total. The average molecular weight is 178 g/mol. The van der Waals surface area contributed by atoms with E-state index >= 15 is 0 Å². The Bertz CT molecular complexity index is 264. The molecule has 1 atom stereocenters. The normalized spacial score (nSPS) is 12.2. The second-order valence-electron chi connectivity index (χ2n) is 3.14. The minimum Gasteiger partial charge on any atom is -0.490 e. The number of ether oxygens (including phenoxy) is 1. The molecule has 0 aliphatic heterocycles. The summed E-state index contributed by atoms with van der Waals surface area (Å²) in [6.45, 7) is 3.91. The SMILES string of the molecule is Cc1ccc(OC(C)CC=O)cc1. The van der Waals surface area contributed by atoms with Crippen molar-refractivity contribution in [2.45, 2.75) is 26.4 Å².